The molecule has 0 radical (unpaired) electrons. The van der Waals surface area contributed by atoms with E-state index in [1.807, 2.05) is 30.0 Å². The molecule has 1 aromatic heterocycles. The lowest BCUT2D eigenvalue weighted by Gasteiger charge is -2.39. The van der Waals surface area contributed by atoms with Gasteiger partial charge in [0.05, 0.1) is 24.4 Å². The summed E-state index contributed by atoms with van der Waals surface area (Å²) in [5.41, 5.74) is 1.96. The number of rotatable bonds is 11. The van der Waals surface area contributed by atoms with Crippen molar-refractivity contribution in [1.82, 2.24) is 9.71 Å². The molecule has 0 spiro atoms. The zero-order valence-corrected chi connectivity index (χ0v) is 28.4. The van der Waals surface area contributed by atoms with E-state index in [-0.39, 0.29) is 23.0 Å². The van der Waals surface area contributed by atoms with Gasteiger partial charge in [-0.25, -0.2) is 9.71 Å². The van der Waals surface area contributed by atoms with Crippen LogP contribution >= 0.6 is 11.6 Å². The minimum absolute atomic E-state index is 0.0455. The number of hydrogen-bond acceptors (Lipinski definition) is 8. The van der Waals surface area contributed by atoms with E-state index in [2.05, 4.69) is 35.7 Å². The van der Waals surface area contributed by atoms with Gasteiger partial charge in [0.1, 0.15) is 11.6 Å². The third-order valence-corrected chi connectivity index (χ3v) is 10.5. The second-order valence-corrected chi connectivity index (χ2v) is 15.1. The average molecular weight is 670 g/mol. The Bertz CT molecular complexity index is 1610. The smallest absolute Gasteiger partial charge is 0.281 e. The molecule has 46 heavy (non-hydrogen) atoms. The van der Waals surface area contributed by atoms with Crippen LogP contribution in [0.2, 0.25) is 5.02 Å². The molecule has 2 fully saturated rings. The van der Waals surface area contributed by atoms with Crippen molar-refractivity contribution in [3.63, 3.8) is 0 Å². The predicted octanol–water partition coefficient (Wildman–Crippen LogP) is 6.26. The molecule has 0 aliphatic carbocycles. The van der Waals surface area contributed by atoms with Crippen LogP contribution in [0.3, 0.4) is 0 Å². The first kappa shape index (κ1) is 34.2. The highest BCUT2D eigenvalue weighted by Crippen LogP contribution is 2.38. The fourth-order valence-electron chi connectivity index (χ4n) is 6.06. The van der Waals surface area contributed by atoms with Crippen molar-refractivity contribution in [3.8, 4) is 5.75 Å². The average Bonchev–Trinajstić information content (AvgIpc) is 3.02. The summed E-state index contributed by atoms with van der Waals surface area (Å²) >= 11 is 6.00. The number of ether oxygens (including phenoxy) is 2. The summed E-state index contributed by atoms with van der Waals surface area (Å²) in [6.45, 7) is 8.31. The van der Waals surface area contributed by atoms with Crippen molar-refractivity contribution < 1.29 is 27.8 Å². The van der Waals surface area contributed by atoms with Crippen LogP contribution in [0.15, 0.2) is 65.7 Å². The van der Waals surface area contributed by atoms with Gasteiger partial charge in [-0.05, 0) is 106 Å². The molecule has 2 aromatic carbocycles. The summed E-state index contributed by atoms with van der Waals surface area (Å²) in [4.78, 5) is 18.9. The van der Waals surface area contributed by atoms with Crippen LogP contribution in [0.5, 0.6) is 5.75 Å². The minimum atomic E-state index is -4.15. The van der Waals surface area contributed by atoms with Gasteiger partial charge in [0.15, 0.2) is 5.03 Å². The number of hydrogen-bond donors (Lipinski definition) is 2. The van der Waals surface area contributed by atoms with E-state index in [0.717, 1.165) is 35.3 Å². The number of sulfonamides is 1. The Kier molecular flexibility index (Phi) is 10.6. The maximum atomic E-state index is 13.0. The molecule has 9 nitrogen and oxygen atoms in total. The third-order valence-electron chi connectivity index (χ3n) is 8.96. The predicted molar refractivity (Wildman–Crippen MR) is 179 cm³/mol. The Hall–Kier alpha value is -3.18. The fourth-order valence-corrected chi connectivity index (χ4v) is 7.16. The van der Waals surface area contributed by atoms with Gasteiger partial charge in [-0.1, -0.05) is 41.9 Å². The highest BCUT2D eigenvalue weighted by molar-refractivity contribution is 7.90. The number of unbranched alkanes of at least 4 members (excludes halogenated alkanes) is 1. The standard InChI is InChI=1S/C35H44ClN3O6S/c1-25-10-15-29(26-16-17-34(2,3)45-24-26)30(23-25)44-22-5-4-8-32(40)38-46(42,43)33-9-6-7-31(37-33)39-20-18-35(41,19-21-39)27-11-13-28(36)14-12-27/h6-7,9-15,23,26,41H,4-5,8,16-22,24H2,1-3H3,(H,38,40). The van der Waals surface area contributed by atoms with Gasteiger partial charge in [0, 0.05) is 30.5 Å². The second kappa shape index (κ2) is 14.3. The Balaban J connectivity index is 1.09. The summed E-state index contributed by atoms with van der Waals surface area (Å²) in [6.07, 6.45) is 4.03. The van der Waals surface area contributed by atoms with E-state index in [9.17, 15) is 18.3 Å². The second-order valence-electron chi connectivity index (χ2n) is 13.0. The maximum absolute atomic E-state index is 13.0. The van der Waals surface area contributed by atoms with E-state index in [4.69, 9.17) is 21.1 Å². The number of benzene rings is 2. The molecule has 2 aliphatic heterocycles. The van der Waals surface area contributed by atoms with E-state index in [1.54, 1.807) is 24.3 Å². The largest absolute Gasteiger partial charge is 0.493 e. The van der Waals surface area contributed by atoms with Gasteiger partial charge in [0.2, 0.25) is 5.91 Å². The first-order valence-electron chi connectivity index (χ1n) is 16.0. The summed E-state index contributed by atoms with van der Waals surface area (Å²) in [5.74, 6) is 1.01. The molecule has 2 aliphatic rings. The zero-order valence-electron chi connectivity index (χ0n) is 26.8. The Labute approximate surface area is 277 Å². The molecule has 248 valence electrons. The van der Waals surface area contributed by atoms with Crippen molar-refractivity contribution in [3.05, 3.63) is 82.4 Å². The monoisotopic (exact) mass is 669 g/mol. The minimum Gasteiger partial charge on any atom is -0.493 e. The van der Waals surface area contributed by atoms with Gasteiger partial charge in [-0.2, -0.15) is 8.42 Å². The van der Waals surface area contributed by atoms with Gasteiger partial charge in [0.25, 0.3) is 10.0 Å². The topological polar surface area (TPSA) is 118 Å². The first-order valence-corrected chi connectivity index (χ1v) is 17.8. The van der Waals surface area contributed by atoms with Crippen molar-refractivity contribution in [1.29, 1.82) is 0 Å². The number of amides is 1. The van der Waals surface area contributed by atoms with E-state index in [0.29, 0.717) is 62.8 Å². The lowest BCUT2D eigenvalue weighted by Crippen LogP contribution is -2.43. The molecule has 2 saturated heterocycles. The van der Waals surface area contributed by atoms with Gasteiger partial charge in [-0.3, -0.25) is 4.79 Å². The van der Waals surface area contributed by atoms with Crippen LogP contribution in [-0.4, -0.2) is 56.3 Å². The van der Waals surface area contributed by atoms with Crippen LogP contribution in [0.4, 0.5) is 5.82 Å². The van der Waals surface area contributed by atoms with Gasteiger partial charge in [-0.15, -0.1) is 0 Å². The molecule has 5 rings (SSSR count). The molecule has 1 atom stereocenters. The number of aromatic nitrogens is 1. The van der Waals surface area contributed by atoms with E-state index < -0.39 is 21.5 Å². The van der Waals surface area contributed by atoms with Crippen LogP contribution in [-0.2, 0) is 25.2 Å². The summed E-state index contributed by atoms with van der Waals surface area (Å²) in [7, 11) is -4.15. The van der Waals surface area contributed by atoms with Crippen molar-refractivity contribution in [2.45, 2.75) is 87.9 Å². The normalized spacial score (nSPS) is 19.4. The molecule has 3 heterocycles. The summed E-state index contributed by atoms with van der Waals surface area (Å²) in [5, 5.41) is 11.6. The molecule has 3 aromatic rings. The van der Waals surface area contributed by atoms with Crippen LogP contribution in [0.25, 0.3) is 0 Å². The van der Waals surface area contributed by atoms with E-state index >= 15 is 0 Å². The molecule has 1 amide bonds. The molecule has 1 unspecified atom stereocenters. The molecule has 11 heteroatoms. The number of halogens is 1. The number of carbonyl (C=O) groups is 1. The number of pyridine rings is 1. The Morgan fingerprint density at radius 2 is 1.83 bits per heavy atom. The number of piperidine rings is 1. The molecule has 0 bridgehead atoms. The lowest BCUT2D eigenvalue weighted by molar-refractivity contribution is -0.119. The maximum Gasteiger partial charge on any atom is 0.281 e. The zero-order chi connectivity index (χ0) is 33.0. The number of anilines is 1. The molecular weight excluding hydrogens is 626 g/mol. The third kappa shape index (κ3) is 8.59. The highest BCUT2D eigenvalue weighted by atomic mass is 35.5. The SMILES string of the molecule is Cc1ccc(C2CCC(C)(C)OC2)c(OCCCCC(=O)NS(=O)(=O)c2cccc(N3CCC(O)(c4ccc(Cl)cc4)CC3)n2)c1. The fraction of sp³-hybridized carbons (Fsp3) is 0.486. The Morgan fingerprint density at radius 3 is 2.52 bits per heavy atom. The molecular formula is C35H44ClN3O6S. The number of aryl methyl sites for hydroxylation is 1. The number of carbonyl (C=O) groups excluding carboxylic acids is 1. The van der Waals surface area contributed by atoms with Crippen LogP contribution in [0, 0.1) is 6.92 Å². The van der Waals surface area contributed by atoms with Gasteiger partial charge < -0.3 is 19.5 Å². The first-order chi connectivity index (χ1) is 21.8. The quantitative estimate of drug-likeness (QED) is 0.230. The van der Waals surface area contributed by atoms with Crippen molar-refractivity contribution in [2.24, 2.45) is 0 Å². The highest BCUT2D eigenvalue weighted by Gasteiger charge is 2.35. The molecule has 2 N–H and O–H groups in total. The van der Waals surface area contributed by atoms with Crippen molar-refractivity contribution in [2.75, 3.05) is 31.2 Å². The van der Waals surface area contributed by atoms with Crippen molar-refractivity contribution >= 4 is 33.3 Å². The van der Waals surface area contributed by atoms with Crippen LogP contribution < -0.4 is 14.4 Å². The lowest BCUT2D eigenvalue weighted by atomic mass is 9.84. The van der Waals surface area contributed by atoms with Crippen LogP contribution in [0.1, 0.15) is 81.4 Å². The molecule has 0 saturated carbocycles. The summed E-state index contributed by atoms with van der Waals surface area (Å²) < 4.78 is 40.4. The summed E-state index contributed by atoms with van der Waals surface area (Å²) in [6, 6.07) is 18.1. The number of aliphatic hydroxyl groups is 1. The number of nitrogens with zero attached hydrogens (tertiary/aromatic N) is 2. The van der Waals surface area contributed by atoms with Gasteiger partial charge >= 0.3 is 0 Å². The van der Waals surface area contributed by atoms with E-state index in [1.165, 1.54) is 6.07 Å². The Morgan fingerprint density at radius 1 is 1.09 bits per heavy atom. The number of nitrogens with one attached hydrogen (secondary N) is 1.